The fourth-order valence-electron chi connectivity index (χ4n) is 4.20. The lowest BCUT2D eigenvalue weighted by molar-refractivity contribution is 0.412. The standard InChI is InChI=1S/C22H18OS/c1-23-19-11-5-7-14-6-4-10-18(20(14)19)21-16-9-3-2-8-15(16)17-12-13-24-22(17)21/h2-3,5,7-9,11-13H,4,6,10H2,1H3/b21-18-. The number of aryl methyl sites for hydroxylation is 1. The van der Waals surface area contributed by atoms with Gasteiger partial charge in [-0.3, -0.25) is 0 Å². The molecule has 1 aromatic heterocycles. The van der Waals surface area contributed by atoms with Gasteiger partial charge >= 0.3 is 0 Å². The maximum absolute atomic E-state index is 5.73. The number of rotatable bonds is 1. The minimum atomic E-state index is 1.01. The molecule has 1 nitrogen and oxygen atoms in total. The molecule has 0 amide bonds. The van der Waals surface area contributed by atoms with Crippen LogP contribution in [0.4, 0.5) is 0 Å². The Morgan fingerprint density at radius 2 is 1.75 bits per heavy atom. The van der Waals surface area contributed by atoms with Gasteiger partial charge in [0.2, 0.25) is 0 Å². The minimum absolute atomic E-state index is 1.01. The van der Waals surface area contributed by atoms with Crippen molar-refractivity contribution in [3.8, 4) is 16.9 Å². The Morgan fingerprint density at radius 1 is 0.875 bits per heavy atom. The highest BCUT2D eigenvalue weighted by atomic mass is 32.1. The molecule has 0 N–H and O–H groups in total. The average molecular weight is 330 g/mol. The summed E-state index contributed by atoms with van der Waals surface area (Å²) in [5, 5.41) is 2.22. The van der Waals surface area contributed by atoms with Crippen molar-refractivity contribution in [3.63, 3.8) is 0 Å². The molecule has 2 aromatic carbocycles. The van der Waals surface area contributed by atoms with E-state index in [1.54, 1.807) is 7.11 Å². The molecular weight excluding hydrogens is 312 g/mol. The summed E-state index contributed by atoms with van der Waals surface area (Å²) in [5.41, 5.74) is 9.79. The fraction of sp³-hybridized carbons (Fsp3) is 0.182. The van der Waals surface area contributed by atoms with E-state index in [2.05, 4.69) is 53.9 Å². The van der Waals surface area contributed by atoms with E-state index >= 15 is 0 Å². The lowest BCUT2D eigenvalue weighted by atomic mass is 9.83. The number of thiophene rings is 1. The average Bonchev–Trinajstić information content (AvgIpc) is 3.21. The summed E-state index contributed by atoms with van der Waals surface area (Å²) in [7, 11) is 1.78. The third kappa shape index (κ3) is 1.87. The van der Waals surface area contributed by atoms with Gasteiger partial charge in [0.15, 0.2) is 0 Å². The Bertz CT molecular complexity index is 963. The van der Waals surface area contributed by atoms with Crippen LogP contribution in [0.2, 0.25) is 0 Å². The molecule has 0 radical (unpaired) electrons. The summed E-state index contributed by atoms with van der Waals surface area (Å²) in [6, 6.07) is 17.6. The molecular formula is C22H18OS. The van der Waals surface area contributed by atoms with Crippen molar-refractivity contribution in [2.24, 2.45) is 0 Å². The molecule has 0 unspecified atom stereocenters. The quantitative estimate of drug-likeness (QED) is 0.414. The Morgan fingerprint density at radius 3 is 2.62 bits per heavy atom. The van der Waals surface area contributed by atoms with Crippen LogP contribution in [-0.4, -0.2) is 7.11 Å². The van der Waals surface area contributed by atoms with Crippen molar-refractivity contribution in [3.05, 3.63) is 75.5 Å². The predicted octanol–water partition coefficient (Wildman–Crippen LogP) is 6.03. The van der Waals surface area contributed by atoms with Crippen LogP contribution >= 0.6 is 11.3 Å². The highest BCUT2D eigenvalue weighted by Gasteiger charge is 2.30. The predicted molar refractivity (Wildman–Crippen MR) is 102 cm³/mol. The van der Waals surface area contributed by atoms with Gasteiger partial charge in [-0.2, -0.15) is 0 Å². The van der Waals surface area contributed by atoms with E-state index in [0.29, 0.717) is 0 Å². The monoisotopic (exact) mass is 330 g/mol. The van der Waals surface area contributed by atoms with Gasteiger partial charge < -0.3 is 4.74 Å². The normalized spacial score (nSPS) is 18.0. The van der Waals surface area contributed by atoms with Gasteiger partial charge in [0.1, 0.15) is 5.75 Å². The Labute approximate surface area is 146 Å². The molecule has 0 atom stereocenters. The van der Waals surface area contributed by atoms with Crippen LogP contribution < -0.4 is 4.74 Å². The molecule has 0 aliphatic heterocycles. The van der Waals surface area contributed by atoms with Crippen LogP contribution in [0, 0.1) is 0 Å². The van der Waals surface area contributed by atoms with Gasteiger partial charge in [-0.05, 0) is 59.0 Å². The summed E-state index contributed by atoms with van der Waals surface area (Å²) >= 11 is 1.86. The molecule has 0 fully saturated rings. The van der Waals surface area contributed by atoms with Crippen LogP contribution in [0.1, 0.15) is 34.4 Å². The molecule has 2 aliphatic carbocycles. The SMILES string of the molecule is COc1cccc2c1/C(=C1/c3ccccc3-c3ccsc31)CCC2. The van der Waals surface area contributed by atoms with Crippen molar-refractivity contribution < 1.29 is 4.74 Å². The third-order valence-electron chi connectivity index (χ3n) is 5.19. The van der Waals surface area contributed by atoms with E-state index in [9.17, 15) is 0 Å². The number of hydrogen-bond acceptors (Lipinski definition) is 2. The second-order valence-electron chi connectivity index (χ2n) is 6.41. The van der Waals surface area contributed by atoms with E-state index in [-0.39, 0.29) is 0 Å². The molecule has 0 bridgehead atoms. The lowest BCUT2D eigenvalue weighted by Crippen LogP contribution is -2.06. The van der Waals surface area contributed by atoms with Crippen molar-refractivity contribution in [2.75, 3.05) is 7.11 Å². The summed E-state index contributed by atoms with van der Waals surface area (Å²) in [6.45, 7) is 0. The summed E-state index contributed by atoms with van der Waals surface area (Å²) < 4.78 is 5.73. The van der Waals surface area contributed by atoms with Crippen molar-refractivity contribution in [2.45, 2.75) is 19.3 Å². The first-order valence-corrected chi connectivity index (χ1v) is 9.33. The van der Waals surface area contributed by atoms with Crippen molar-refractivity contribution in [1.29, 1.82) is 0 Å². The lowest BCUT2D eigenvalue weighted by Gasteiger charge is -2.24. The molecule has 0 spiro atoms. The van der Waals surface area contributed by atoms with E-state index in [1.807, 2.05) is 11.3 Å². The van der Waals surface area contributed by atoms with Gasteiger partial charge in [-0.15, -0.1) is 11.3 Å². The van der Waals surface area contributed by atoms with Gasteiger partial charge in [0.25, 0.3) is 0 Å². The summed E-state index contributed by atoms with van der Waals surface area (Å²) in [5.74, 6) is 1.01. The smallest absolute Gasteiger partial charge is 0.126 e. The molecule has 1 heterocycles. The zero-order valence-corrected chi connectivity index (χ0v) is 14.5. The third-order valence-corrected chi connectivity index (χ3v) is 6.12. The number of allylic oxidation sites excluding steroid dienone is 1. The van der Waals surface area contributed by atoms with Gasteiger partial charge in [0, 0.05) is 21.6 Å². The maximum Gasteiger partial charge on any atom is 0.126 e. The van der Waals surface area contributed by atoms with Crippen LogP contribution in [0.5, 0.6) is 5.75 Å². The minimum Gasteiger partial charge on any atom is -0.496 e. The maximum atomic E-state index is 5.73. The number of benzene rings is 2. The molecule has 0 saturated heterocycles. The molecule has 2 aliphatic rings. The highest BCUT2D eigenvalue weighted by molar-refractivity contribution is 7.12. The Hall–Kier alpha value is -2.32. The highest BCUT2D eigenvalue weighted by Crippen LogP contribution is 2.52. The molecule has 3 aromatic rings. The summed E-state index contributed by atoms with van der Waals surface area (Å²) in [6.07, 6.45) is 3.47. The molecule has 24 heavy (non-hydrogen) atoms. The van der Waals surface area contributed by atoms with Crippen LogP contribution in [-0.2, 0) is 6.42 Å². The largest absolute Gasteiger partial charge is 0.496 e. The number of fused-ring (bicyclic) bond motifs is 4. The first-order chi connectivity index (χ1) is 11.9. The second kappa shape index (κ2) is 5.35. The van der Waals surface area contributed by atoms with Crippen LogP contribution in [0.25, 0.3) is 22.3 Å². The molecule has 5 rings (SSSR count). The number of ether oxygens (including phenoxy) is 1. The zero-order valence-electron chi connectivity index (χ0n) is 13.6. The number of hydrogen-bond donors (Lipinski definition) is 0. The van der Waals surface area contributed by atoms with Gasteiger partial charge in [-0.1, -0.05) is 36.4 Å². The van der Waals surface area contributed by atoms with Crippen LogP contribution in [0.3, 0.4) is 0 Å². The van der Waals surface area contributed by atoms with E-state index < -0.39 is 0 Å². The zero-order chi connectivity index (χ0) is 16.1. The first-order valence-electron chi connectivity index (χ1n) is 8.45. The molecule has 118 valence electrons. The van der Waals surface area contributed by atoms with Gasteiger partial charge in [-0.25, -0.2) is 0 Å². The van der Waals surface area contributed by atoms with Crippen LogP contribution in [0.15, 0.2) is 53.9 Å². The Kier molecular flexibility index (Phi) is 3.14. The summed E-state index contributed by atoms with van der Waals surface area (Å²) in [4.78, 5) is 1.42. The topological polar surface area (TPSA) is 9.23 Å². The second-order valence-corrected chi connectivity index (χ2v) is 7.33. The van der Waals surface area contributed by atoms with Crippen molar-refractivity contribution in [1.82, 2.24) is 0 Å². The fourth-order valence-corrected chi connectivity index (χ4v) is 5.20. The van der Waals surface area contributed by atoms with E-state index in [1.165, 1.54) is 50.3 Å². The van der Waals surface area contributed by atoms with Gasteiger partial charge in [0.05, 0.1) is 7.11 Å². The molecule has 0 saturated carbocycles. The number of methoxy groups -OCH3 is 1. The Balaban J connectivity index is 1.87. The van der Waals surface area contributed by atoms with E-state index in [4.69, 9.17) is 4.74 Å². The first kappa shape index (κ1) is 14.1. The molecule has 2 heteroatoms. The van der Waals surface area contributed by atoms with Crippen molar-refractivity contribution >= 4 is 22.5 Å². The van der Waals surface area contributed by atoms with E-state index in [0.717, 1.165) is 18.6 Å².